The van der Waals surface area contributed by atoms with Gasteiger partial charge in [-0.1, -0.05) is 42.5 Å². The van der Waals surface area contributed by atoms with Crippen LogP contribution in [0, 0.1) is 6.92 Å². The minimum atomic E-state index is -0.348. The van der Waals surface area contributed by atoms with Crippen LogP contribution in [0.2, 0.25) is 0 Å². The molecule has 0 bridgehead atoms. The second-order valence-corrected chi connectivity index (χ2v) is 6.03. The number of aryl methyl sites for hydroxylation is 1. The Bertz CT molecular complexity index is 1120. The molecular formula is C21H16O3. The van der Waals surface area contributed by atoms with Crippen LogP contribution < -0.4 is 5.63 Å². The molecule has 0 spiro atoms. The Kier molecular flexibility index (Phi) is 3.35. The summed E-state index contributed by atoms with van der Waals surface area (Å²) >= 11 is 0. The van der Waals surface area contributed by atoms with Gasteiger partial charge in [0.2, 0.25) is 0 Å². The molecule has 4 rings (SSSR count). The van der Waals surface area contributed by atoms with Gasteiger partial charge in [-0.05, 0) is 41.0 Å². The quantitative estimate of drug-likeness (QED) is 0.552. The molecule has 3 aromatic carbocycles. The van der Waals surface area contributed by atoms with E-state index in [-0.39, 0.29) is 11.4 Å². The molecule has 1 N–H and O–H groups in total. The predicted octanol–water partition coefficient (Wildman–Crippen LogP) is 4.55. The average molecular weight is 316 g/mol. The van der Waals surface area contributed by atoms with Crippen LogP contribution in [0.25, 0.3) is 21.7 Å². The first-order valence-corrected chi connectivity index (χ1v) is 7.85. The van der Waals surface area contributed by atoms with Gasteiger partial charge in [0.1, 0.15) is 11.3 Å². The molecule has 0 aliphatic heterocycles. The van der Waals surface area contributed by atoms with Crippen molar-refractivity contribution in [2.45, 2.75) is 13.3 Å². The van der Waals surface area contributed by atoms with E-state index in [0.717, 1.165) is 21.9 Å². The third-order valence-electron chi connectivity index (χ3n) is 4.47. The van der Waals surface area contributed by atoms with E-state index in [2.05, 4.69) is 24.3 Å². The van der Waals surface area contributed by atoms with Crippen LogP contribution in [0.3, 0.4) is 0 Å². The van der Waals surface area contributed by atoms with Crippen molar-refractivity contribution in [3.63, 3.8) is 0 Å². The van der Waals surface area contributed by atoms with Gasteiger partial charge >= 0.3 is 5.63 Å². The fraction of sp³-hybridized carbons (Fsp3) is 0.0952. The minimum absolute atomic E-state index is 0.0901. The monoisotopic (exact) mass is 316 g/mol. The lowest BCUT2D eigenvalue weighted by Crippen LogP contribution is -2.10. The lowest BCUT2D eigenvalue weighted by atomic mass is 9.98. The molecule has 0 unspecified atom stereocenters. The van der Waals surface area contributed by atoms with Gasteiger partial charge in [-0.3, -0.25) is 0 Å². The van der Waals surface area contributed by atoms with Crippen LogP contribution in [0.4, 0.5) is 0 Å². The smallest absolute Gasteiger partial charge is 0.340 e. The number of phenols is 1. The number of fused-ring (bicyclic) bond motifs is 2. The molecule has 0 atom stereocenters. The summed E-state index contributed by atoms with van der Waals surface area (Å²) in [6, 6.07) is 19.2. The van der Waals surface area contributed by atoms with Crippen molar-refractivity contribution in [3.8, 4) is 5.75 Å². The van der Waals surface area contributed by atoms with E-state index >= 15 is 0 Å². The third kappa shape index (κ3) is 2.44. The Morgan fingerprint density at radius 1 is 0.958 bits per heavy atom. The second-order valence-electron chi connectivity index (χ2n) is 6.03. The fourth-order valence-electron chi connectivity index (χ4n) is 3.14. The van der Waals surface area contributed by atoms with E-state index in [1.54, 1.807) is 12.1 Å². The Labute approximate surface area is 138 Å². The molecular weight excluding hydrogens is 300 g/mol. The summed E-state index contributed by atoms with van der Waals surface area (Å²) in [6.07, 6.45) is 0.524. The molecule has 1 heterocycles. The SMILES string of the molecule is Cc1c(Cc2ccc3ccccc3c2)c(=O)oc2cc(O)ccc12. The van der Waals surface area contributed by atoms with Gasteiger partial charge in [0, 0.05) is 23.4 Å². The molecule has 0 saturated heterocycles. The first-order chi connectivity index (χ1) is 11.6. The lowest BCUT2D eigenvalue weighted by molar-refractivity contribution is 0.472. The van der Waals surface area contributed by atoms with E-state index < -0.39 is 0 Å². The van der Waals surface area contributed by atoms with Crippen molar-refractivity contribution in [2.75, 3.05) is 0 Å². The highest BCUT2D eigenvalue weighted by atomic mass is 16.4. The summed E-state index contributed by atoms with van der Waals surface area (Å²) in [5.41, 5.74) is 2.69. The summed E-state index contributed by atoms with van der Waals surface area (Å²) in [5.74, 6) is 0.0901. The topological polar surface area (TPSA) is 50.4 Å². The molecule has 0 saturated carbocycles. The van der Waals surface area contributed by atoms with Crippen LogP contribution >= 0.6 is 0 Å². The van der Waals surface area contributed by atoms with E-state index in [1.807, 2.05) is 25.1 Å². The summed E-state index contributed by atoms with van der Waals surface area (Å²) in [7, 11) is 0. The normalized spacial score (nSPS) is 11.2. The van der Waals surface area contributed by atoms with Crippen molar-refractivity contribution >= 4 is 21.7 Å². The summed E-state index contributed by atoms with van der Waals surface area (Å²) in [5, 5.41) is 12.7. The molecule has 1 aromatic heterocycles. The Morgan fingerprint density at radius 2 is 1.75 bits per heavy atom. The summed E-state index contributed by atoms with van der Waals surface area (Å²) in [4.78, 5) is 12.4. The Hall–Kier alpha value is -3.07. The van der Waals surface area contributed by atoms with Crippen molar-refractivity contribution in [1.82, 2.24) is 0 Å². The van der Waals surface area contributed by atoms with E-state index in [9.17, 15) is 9.90 Å². The number of aromatic hydroxyl groups is 1. The molecule has 0 aliphatic carbocycles. The van der Waals surface area contributed by atoms with Crippen LogP contribution in [0.15, 0.2) is 69.9 Å². The standard InChI is InChI=1S/C21H16O3/c1-13-18-9-8-17(22)12-20(18)24-21(23)19(13)11-14-6-7-15-4-2-3-5-16(15)10-14/h2-10,12,22H,11H2,1H3. The number of hydrogen-bond donors (Lipinski definition) is 1. The zero-order valence-corrected chi connectivity index (χ0v) is 13.2. The maximum Gasteiger partial charge on any atom is 0.340 e. The zero-order valence-electron chi connectivity index (χ0n) is 13.2. The van der Waals surface area contributed by atoms with E-state index in [1.165, 1.54) is 11.5 Å². The Balaban J connectivity index is 1.83. The second kappa shape index (κ2) is 5.53. The number of benzene rings is 3. The molecule has 0 amide bonds. The highest BCUT2D eigenvalue weighted by Gasteiger charge is 2.12. The third-order valence-corrected chi connectivity index (χ3v) is 4.47. The van der Waals surface area contributed by atoms with E-state index in [0.29, 0.717) is 17.6 Å². The van der Waals surface area contributed by atoms with Crippen molar-refractivity contribution in [2.24, 2.45) is 0 Å². The van der Waals surface area contributed by atoms with Gasteiger partial charge < -0.3 is 9.52 Å². The van der Waals surface area contributed by atoms with Gasteiger partial charge in [-0.25, -0.2) is 4.79 Å². The summed E-state index contributed by atoms with van der Waals surface area (Å²) < 4.78 is 5.40. The molecule has 0 aliphatic rings. The molecule has 3 heteroatoms. The van der Waals surface area contributed by atoms with Crippen molar-refractivity contribution in [3.05, 3.63) is 87.8 Å². The first kappa shape index (κ1) is 14.5. The highest BCUT2D eigenvalue weighted by Crippen LogP contribution is 2.25. The highest BCUT2D eigenvalue weighted by molar-refractivity contribution is 5.84. The van der Waals surface area contributed by atoms with Crippen molar-refractivity contribution < 1.29 is 9.52 Å². The largest absolute Gasteiger partial charge is 0.508 e. The van der Waals surface area contributed by atoms with E-state index in [4.69, 9.17) is 4.42 Å². The number of hydrogen-bond acceptors (Lipinski definition) is 3. The molecule has 24 heavy (non-hydrogen) atoms. The van der Waals surface area contributed by atoms with Crippen LogP contribution in [0.5, 0.6) is 5.75 Å². The van der Waals surface area contributed by atoms with Gasteiger partial charge in [-0.2, -0.15) is 0 Å². The number of phenolic OH excluding ortho intramolecular Hbond substituents is 1. The first-order valence-electron chi connectivity index (χ1n) is 7.85. The average Bonchev–Trinajstić information content (AvgIpc) is 2.58. The van der Waals surface area contributed by atoms with Gasteiger partial charge in [0.05, 0.1) is 0 Å². The van der Waals surface area contributed by atoms with Crippen LogP contribution in [0.1, 0.15) is 16.7 Å². The molecule has 4 aromatic rings. The summed E-state index contributed by atoms with van der Waals surface area (Å²) in [6.45, 7) is 1.92. The van der Waals surface area contributed by atoms with Gasteiger partial charge in [0.15, 0.2) is 0 Å². The van der Waals surface area contributed by atoms with Gasteiger partial charge in [0.25, 0.3) is 0 Å². The van der Waals surface area contributed by atoms with Crippen LogP contribution in [-0.4, -0.2) is 5.11 Å². The Morgan fingerprint density at radius 3 is 2.58 bits per heavy atom. The van der Waals surface area contributed by atoms with Crippen LogP contribution in [-0.2, 0) is 6.42 Å². The molecule has 0 fully saturated rings. The predicted molar refractivity (Wildman–Crippen MR) is 95.6 cm³/mol. The molecule has 118 valence electrons. The minimum Gasteiger partial charge on any atom is -0.508 e. The lowest BCUT2D eigenvalue weighted by Gasteiger charge is -2.09. The fourth-order valence-corrected chi connectivity index (χ4v) is 3.14. The number of rotatable bonds is 2. The van der Waals surface area contributed by atoms with Crippen molar-refractivity contribution in [1.29, 1.82) is 0 Å². The molecule has 0 radical (unpaired) electrons. The molecule has 3 nitrogen and oxygen atoms in total. The maximum absolute atomic E-state index is 12.4. The maximum atomic E-state index is 12.4. The van der Waals surface area contributed by atoms with Gasteiger partial charge in [-0.15, -0.1) is 0 Å². The zero-order chi connectivity index (χ0) is 16.7.